The zero-order valence-electron chi connectivity index (χ0n) is 23.8. The number of carbonyl (C=O) groups is 5. The van der Waals surface area contributed by atoms with Crippen molar-refractivity contribution in [3.8, 4) is 0 Å². The lowest BCUT2D eigenvalue weighted by molar-refractivity contribution is -0.137. The number of nitrogens with zero attached hydrogens (tertiary/aromatic N) is 2. The molecule has 2 fully saturated rings. The van der Waals surface area contributed by atoms with Gasteiger partial charge in [-0.05, 0) is 45.7 Å². The average Bonchev–Trinajstić information content (AvgIpc) is 3.49. The lowest BCUT2D eigenvalue weighted by Crippen LogP contribution is -2.52. The SMILES string of the molecule is CC(C)(C)OC(=O)NC1CCN(C(=O)COCCOCCNc2cccc3c2CN(C2CCC(=O)NC2=O)C3=O)C1. The number of imide groups is 1. The van der Waals surface area contributed by atoms with Gasteiger partial charge in [-0.3, -0.25) is 24.5 Å². The maximum absolute atomic E-state index is 12.9. The van der Waals surface area contributed by atoms with Crippen molar-refractivity contribution in [1.29, 1.82) is 0 Å². The highest BCUT2D eigenvalue weighted by molar-refractivity contribution is 6.06. The molecule has 1 aromatic carbocycles. The van der Waals surface area contributed by atoms with Gasteiger partial charge in [0.15, 0.2) is 0 Å². The highest BCUT2D eigenvalue weighted by atomic mass is 16.6. The van der Waals surface area contributed by atoms with Crippen molar-refractivity contribution in [3.05, 3.63) is 29.3 Å². The summed E-state index contributed by atoms with van der Waals surface area (Å²) in [7, 11) is 0. The van der Waals surface area contributed by atoms with E-state index in [9.17, 15) is 24.0 Å². The minimum Gasteiger partial charge on any atom is -0.444 e. The summed E-state index contributed by atoms with van der Waals surface area (Å²) in [4.78, 5) is 64.2. The predicted molar refractivity (Wildman–Crippen MR) is 147 cm³/mol. The van der Waals surface area contributed by atoms with Gasteiger partial charge in [0.05, 0.1) is 25.9 Å². The molecule has 13 heteroatoms. The van der Waals surface area contributed by atoms with Gasteiger partial charge in [0.2, 0.25) is 17.7 Å². The molecule has 3 N–H and O–H groups in total. The third kappa shape index (κ3) is 8.17. The quantitative estimate of drug-likeness (QED) is 0.260. The molecule has 2 atom stereocenters. The first-order valence-corrected chi connectivity index (χ1v) is 13.9. The van der Waals surface area contributed by atoms with Gasteiger partial charge in [0.25, 0.3) is 5.91 Å². The van der Waals surface area contributed by atoms with Crippen LogP contribution in [0.2, 0.25) is 0 Å². The van der Waals surface area contributed by atoms with Crippen molar-refractivity contribution < 1.29 is 38.2 Å². The number of nitrogens with one attached hydrogen (secondary N) is 3. The van der Waals surface area contributed by atoms with Gasteiger partial charge in [-0.15, -0.1) is 0 Å². The minimum atomic E-state index is -0.656. The number of piperidine rings is 1. The van der Waals surface area contributed by atoms with E-state index in [1.54, 1.807) is 37.8 Å². The van der Waals surface area contributed by atoms with Crippen LogP contribution in [0, 0.1) is 0 Å². The average molecular weight is 574 g/mol. The van der Waals surface area contributed by atoms with E-state index in [-0.39, 0.29) is 43.4 Å². The number of alkyl carbamates (subject to hydrolysis) is 1. The summed E-state index contributed by atoms with van der Waals surface area (Å²) in [6.07, 6.45) is 0.704. The molecule has 5 amide bonds. The molecule has 13 nitrogen and oxygen atoms in total. The van der Waals surface area contributed by atoms with E-state index in [1.807, 2.05) is 6.07 Å². The zero-order chi connectivity index (χ0) is 29.6. The first-order valence-electron chi connectivity index (χ1n) is 13.9. The maximum Gasteiger partial charge on any atom is 0.407 e. The summed E-state index contributed by atoms with van der Waals surface area (Å²) in [5, 5.41) is 8.39. The monoisotopic (exact) mass is 573 g/mol. The molecule has 0 aromatic heterocycles. The van der Waals surface area contributed by atoms with Crippen molar-refractivity contribution in [2.45, 2.75) is 64.3 Å². The van der Waals surface area contributed by atoms with Crippen LogP contribution in [0.4, 0.5) is 10.5 Å². The van der Waals surface area contributed by atoms with Gasteiger partial charge in [0, 0.05) is 49.4 Å². The number of hydrogen-bond donors (Lipinski definition) is 3. The fraction of sp³-hybridized carbons (Fsp3) is 0.607. The van der Waals surface area contributed by atoms with Crippen molar-refractivity contribution in [2.75, 3.05) is 51.4 Å². The Morgan fingerprint density at radius 3 is 2.61 bits per heavy atom. The number of anilines is 1. The number of fused-ring (bicyclic) bond motifs is 1. The summed E-state index contributed by atoms with van der Waals surface area (Å²) < 4.78 is 16.3. The van der Waals surface area contributed by atoms with Crippen LogP contribution in [0.5, 0.6) is 0 Å². The molecule has 0 bridgehead atoms. The Kier molecular flexibility index (Phi) is 9.81. The Morgan fingerprint density at radius 1 is 1.07 bits per heavy atom. The molecule has 3 heterocycles. The first kappa shape index (κ1) is 30.3. The first-order chi connectivity index (χ1) is 19.5. The molecule has 0 spiro atoms. The number of ether oxygens (including phenoxy) is 3. The van der Waals surface area contributed by atoms with Gasteiger partial charge < -0.3 is 34.6 Å². The molecule has 3 aliphatic heterocycles. The molecule has 3 aliphatic rings. The topological polar surface area (TPSA) is 156 Å². The summed E-state index contributed by atoms with van der Waals surface area (Å²) in [5.74, 6) is -1.11. The molecule has 0 saturated carbocycles. The molecule has 0 radical (unpaired) electrons. The number of benzene rings is 1. The second kappa shape index (κ2) is 13.3. The van der Waals surface area contributed by atoms with Crippen LogP contribution in [-0.4, -0.2) is 103 Å². The molecular weight excluding hydrogens is 534 g/mol. The second-order valence-electron chi connectivity index (χ2n) is 11.3. The Bertz CT molecular complexity index is 1170. The number of likely N-dealkylation sites (tertiary alicyclic amines) is 1. The van der Waals surface area contributed by atoms with Crippen LogP contribution in [0.3, 0.4) is 0 Å². The van der Waals surface area contributed by atoms with Gasteiger partial charge in [-0.2, -0.15) is 0 Å². The molecule has 0 aliphatic carbocycles. The van der Waals surface area contributed by atoms with Crippen LogP contribution in [0.25, 0.3) is 0 Å². The summed E-state index contributed by atoms with van der Waals surface area (Å²) in [6.45, 7) is 8.04. The van der Waals surface area contributed by atoms with Crippen molar-refractivity contribution in [1.82, 2.24) is 20.4 Å². The van der Waals surface area contributed by atoms with Crippen molar-refractivity contribution in [3.63, 3.8) is 0 Å². The lowest BCUT2D eigenvalue weighted by atomic mass is 10.0. The Balaban J connectivity index is 1.10. The van der Waals surface area contributed by atoms with Crippen LogP contribution in [-0.2, 0) is 35.1 Å². The van der Waals surface area contributed by atoms with Crippen molar-refractivity contribution >= 4 is 35.4 Å². The minimum absolute atomic E-state index is 0.0609. The smallest absolute Gasteiger partial charge is 0.407 e. The summed E-state index contributed by atoms with van der Waals surface area (Å²) >= 11 is 0. The van der Waals surface area contributed by atoms with E-state index < -0.39 is 23.6 Å². The number of hydrogen-bond acceptors (Lipinski definition) is 9. The van der Waals surface area contributed by atoms with E-state index in [4.69, 9.17) is 14.2 Å². The van der Waals surface area contributed by atoms with Crippen LogP contribution >= 0.6 is 0 Å². The third-order valence-corrected chi connectivity index (χ3v) is 7.00. The molecule has 2 saturated heterocycles. The number of carbonyl (C=O) groups excluding carboxylic acids is 5. The number of amides is 5. The maximum atomic E-state index is 12.9. The third-order valence-electron chi connectivity index (χ3n) is 7.00. The van der Waals surface area contributed by atoms with Crippen LogP contribution in [0.1, 0.15) is 56.0 Å². The van der Waals surface area contributed by atoms with Gasteiger partial charge >= 0.3 is 6.09 Å². The number of rotatable bonds is 11. The van der Waals surface area contributed by atoms with Gasteiger partial charge in [-0.25, -0.2) is 4.79 Å². The lowest BCUT2D eigenvalue weighted by Gasteiger charge is -2.29. The molecule has 1 aromatic rings. The van der Waals surface area contributed by atoms with E-state index >= 15 is 0 Å². The van der Waals surface area contributed by atoms with E-state index in [0.29, 0.717) is 57.8 Å². The van der Waals surface area contributed by atoms with E-state index in [1.165, 1.54) is 4.90 Å². The van der Waals surface area contributed by atoms with Crippen LogP contribution in [0.15, 0.2) is 18.2 Å². The summed E-state index contributed by atoms with van der Waals surface area (Å²) in [5.41, 5.74) is 1.58. The van der Waals surface area contributed by atoms with E-state index in [0.717, 1.165) is 11.3 Å². The molecule has 2 unspecified atom stereocenters. The molecule has 41 heavy (non-hydrogen) atoms. The Morgan fingerprint density at radius 2 is 1.85 bits per heavy atom. The fourth-order valence-electron chi connectivity index (χ4n) is 5.06. The second-order valence-corrected chi connectivity index (χ2v) is 11.3. The largest absolute Gasteiger partial charge is 0.444 e. The predicted octanol–water partition coefficient (Wildman–Crippen LogP) is 1.02. The highest BCUT2D eigenvalue weighted by Gasteiger charge is 2.39. The fourth-order valence-corrected chi connectivity index (χ4v) is 5.06. The summed E-state index contributed by atoms with van der Waals surface area (Å²) in [6, 6.07) is 4.60. The van der Waals surface area contributed by atoms with E-state index in [2.05, 4.69) is 16.0 Å². The van der Waals surface area contributed by atoms with Gasteiger partial charge in [-0.1, -0.05) is 6.07 Å². The Hall–Kier alpha value is -3.71. The van der Waals surface area contributed by atoms with Crippen molar-refractivity contribution in [2.24, 2.45) is 0 Å². The molecule has 4 rings (SSSR count). The van der Waals surface area contributed by atoms with Crippen LogP contribution < -0.4 is 16.0 Å². The van der Waals surface area contributed by atoms with Gasteiger partial charge in [0.1, 0.15) is 18.2 Å². The highest BCUT2D eigenvalue weighted by Crippen LogP contribution is 2.32. The molecular formula is C28H39N5O8. The Labute approximate surface area is 239 Å². The zero-order valence-corrected chi connectivity index (χ0v) is 23.8. The molecule has 224 valence electrons. The standard InChI is InChI=1S/C28H39N5O8/c1-28(2,3)41-27(38)30-18-9-11-32(15-18)24(35)17-40-14-13-39-12-10-29-21-6-4-5-19-20(21)16-33(26(19)37)22-7-8-23(34)31-25(22)36/h4-6,18,22,29H,7-17H2,1-3H3,(H,30,38)(H,31,34,36). The normalized spacial score (nSPS) is 20.6.